The second kappa shape index (κ2) is 10.5. The summed E-state index contributed by atoms with van der Waals surface area (Å²) < 4.78 is 16.5. The van der Waals surface area contributed by atoms with Crippen LogP contribution in [0.5, 0.6) is 11.5 Å². The number of amides is 1. The smallest absolute Gasteiger partial charge is 0.341 e. The first-order valence-corrected chi connectivity index (χ1v) is 11.4. The van der Waals surface area contributed by atoms with E-state index >= 15 is 0 Å². The highest BCUT2D eigenvalue weighted by molar-refractivity contribution is 7.17. The van der Waals surface area contributed by atoms with E-state index in [1.54, 1.807) is 6.92 Å². The summed E-state index contributed by atoms with van der Waals surface area (Å²) in [6.45, 7) is 6.97. The number of esters is 1. The predicted octanol–water partition coefficient (Wildman–Crippen LogP) is 4.78. The molecule has 7 heteroatoms. The van der Waals surface area contributed by atoms with Gasteiger partial charge in [-0.1, -0.05) is 6.07 Å². The molecule has 1 N–H and O–H groups in total. The van der Waals surface area contributed by atoms with Gasteiger partial charge in [0, 0.05) is 4.88 Å². The summed E-state index contributed by atoms with van der Waals surface area (Å²) in [5.41, 5.74) is 2.39. The molecule has 1 aliphatic rings. The summed E-state index contributed by atoms with van der Waals surface area (Å²) >= 11 is 1.50. The molecule has 1 aromatic carbocycles. The lowest BCUT2D eigenvalue weighted by molar-refractivity contribution is -0.115. The van der Waals surface area contributed by atoms with E-state index < -0.39 is 0 Å². The lowest BCUT2D eigenvalue weighted by Crippen LogP contribution is -2.17. The number of fused-ring (bicyclic) bond motifs is 1. The molecule has 0 atom stereocenters. The Labute approximate surface area is 181 Å². The minimum Gasteiger partial charge on any atom is -0.490 e. The first-order chi connectivity index (χ1) is 14.6. The Morgan fingerprint density at radius 1 is 1.00 bits per heavy atom. The van der Waals surface area contributed by atoms with Crippen molar-refractivity contribution in [3.63, 3.8) is 0 Å². The van der Waals surface area contributed by atoms with E-state index in [1.165, 1.54) is 16.2 Å². The number of rotatable bonds is 9. The van der Waals surface area contributed by atoms with Gasteiger partial charge in [-0.3, -0.25) is 4.79 Å². The van der Waals surface area contributed by atoms with Crippen molar-refractivity contribution in [3.8, 4) is 11.5 Å². The maximum absolute atomic E-state index is 12.8. The van der Waals surface area contributed by atoms with E-state index in [2.05, 4.69) is 5.32 Å². The Bertz CT molecular complexity index is 905. The lowest BCUT2D eigenvalue weighted by atomic mass is 9.95. The predicted molar refractivity (Wildman–Crippen MR) is 118 cm³/mol. The first kappa shape index (κ1) is 22.2. The fourth-order valence-corrected chi connectivity index (χ4v) is 4.93. The normalized spacial score (nSPS) is 12.8. The quantitative estimate of drug-likeness (QED) is 0.578. The van der Waals surface area contributed by atoms with Crippen molar-refractivity contribution in [2.45, 2.75) is 52.9 Å². The second-order valence-corrected chi connectivity index (χ2v) is 8.11. The fourth-order valence-electron chi connectivity index (χ4n) is 3.63. The monoisotopic (exact) mass is 431 g/mol. The van der Waals surface area contributed by atoms with Gasteiger partial charge in [-0.25, -0.2) is 4.79 Å². The van der Waals surface area contributed by atoms with Crippen LogP contribution in [0.3, 0.4) is 0 Å². The summed E-state index contributed by atoms with van der Waals surface area (Å²) in [7, 11) is 0. The highest BCUT2D eigenvalue weighted by Gasteiger charge is 2.27. The number of carbonyl (C=O) groups is 2. The van der Waals surface area contributed by atoms with Crippen LogP contribution < -0.4 is 14.8 Å². The maximum atomic E-state index is 12.8. The topological polar surface area (TPSA) is 73.9 Å². The highest BCUT2D eigenvalue weighted by Crippen LogP contribution is 2.38. The molecule has 1 aromatic heterocycles. The van der Waals surface area contributed by atoms with E-state index in [1.807, 2.05) is 32.0 Å². The number of hydrogen-bond donors (Lipinski definition) is 1. The SMILES string of the molecule is CCOC(=O)c1c(NC(=O)Cc2ccc(OCC)c(OCC)c2)sc2c1CCCC2. The Hall–Kier alpha value is -2.54. The Balaban J connectivity index is 1.78. The number of hydrogen-bond acceptors (Lipinski definition) is 6. The average Bonchev–Trinajstić information content (AvgIpc) is 3.08. The molecule has 0 bridgehead atoms. The van der Waals surface area contributed by atoms with Gasteiger partial charge in [0.2, 0.25) is 5.91 Å². The van der Waals surface area contributed by atoms with Gasteiger partial charge < -0.3 is 19.5 Å². The second-order valence-electron chi connectivity index (χ2n) is 7.01. The van der Waals surface area contributed by atoms with Crippen LogP contribution in [0.2, 0.25) is 0 Å². The molecule has 0 spiro atoms. The van der Waals surface area contributed by atoms with Gasteiger partial charge in [-0.15, -0.1) is 11.3 Å². The summed E-state index contributed by atoms with van der Waals surface area (Å²) in [6.07, 6.45) is 4.13. The Morgan fingerprint density at radius 2 is 1.73 bits per heavy atom. The molecule has 0 aliphatic heterocycles. The molecule has 30 heavy (non-hydrogen) atoms. The van der Waals surface area contributed by atoms with Gasteiger partial charge in [0.05, 0.1) is 31.8 Å². The molecule has 1 amide bonds. The van der Waals surface area contributed by atoms with E-state index in [9.17, 15) is 9.59 Å². The van der Waals surface area contributed by atoms with Crippen molar-refractivity contribution >= 4 is 28.2 Å². The van der Waals surface area contributed by atoms with Crippen molar-refractivity contribution in [1.82, 2.24) is 0 Å². The van der Waals surface area contributed by atoms with Crippen molar-refractivity contribution < 1.29 is 23.8 Å². The number of aryl methyl sites for hydroxylation is 1. The number of anilines is 1. The largest absolute Gasteiger partial charge is 0.490 e. The number of benzene rings is 1. The molecule has 6 nitrogen and oxygen atoms in total. The van der Waals surface area contributed by atoms with Crippen LogP contribution in [-0.2, 0) is 28.8 Å². The van der Waals surface area contributed by atoms with E-state index in [0.29, 0.717) is 41.9 Å². The van der Waals surface area contributed by atoms with Crippen LogP contribution >= 0.6 is 11.3 Å². The molecule has 162 valence electrons. The zero-order chi connectivity index (χ0) is 21.5. The van der Waals surface area contributed by atoms with Crippen molar-refractivity contribution in [1.29, 1.82) is 0 Å². The van der Waals surface area contributed by atoms with E-state index in [4.69, 9.17) is 14.2 Å². The summed E-state index contributed by atoms with van der Waals surface area (Å²) in [4.78, 5) is 26.5. The molecular weight excluding hydrogens is 402 g/mol. The van der Waals surface area contributed by atoms with Gasteiger partial charge in [0.25, 0.3) is 0 Å². The van der Waals surface area contributed by atoms with Gasteiger partial charge in [-0.05, 0) is 69.7 Å². The van der Waals surface area contributed by atoms with E-state index in [-0.39, 0.29) is 18.3 Å². The number of thiophene rings is 1. The third-order valence-corrected chi connectivity index (χ3v) is 6.08. The van der Waals surface area contributed by atoms with Crippen LogP contribution in [0.15, 0.2) is 18.2 Å². The van der Waals surface area contributed by atoms with Crippen molar-refractivity contribution in [2.24, 2.45) is 0 Å². The van der Waals surface area contributed by atoms with Crippen LogP contribution in [0.4, 0.5) is 5.00 Å². The summed E-state index contributed by atoms with van der Waals surface area (Å²) in [6, 6.07) is 5.52. The molecule has 0 saturated carbocycles. The Morgan fingerprint density at radius 3 is 2.47 bits per heavy atom. The average molecular weight is 432 g/mol. The molecule has 1 heterocycles. The number of carbonyl (C=O) groups excluding carboxylic acids is 2. The minimum atomic E-state index is -0.355. The zero-order valence-electron chi connectivity index (χ0n) is 17.8. The molecule has 0 radical (unpaired) electrons. The van der Waals surface area contributed by atoms with E-state index in [0.717, 1.165) is 36.8 Å². The van der Waals surface area contributed by atoms with Crippen LogP contribution in [0.1, 0.15) is 60.0 Å². The van der Waals surface area contributed by atoms with Gasteiger partial charge >= 0.3 is 5.97 Å². The van der Waals surface area contributed by atoms with Gasteiger partial charge in [0.15, 0.2) is 11.5 Å². The third kappa shape index (κ3) is 5.14. The number of nitrogens with one attached hydrogen (secondary N) is 1. The molecule has 3 rings (SSSR count). The standard InChI is InChI=1S/C23H29NO5S/c1-4-27-17-12-11-15(13-18(17)28-5-2)14-20(25)24-22-21(23(26)29-6-3)16-9-7-8-10-19(16)30-22/h11-13H,4-10,14H2,1-3H3,(H,24,25). The third-order valence-electron chi connectivity index (χ3n) is 4.88. The zero-order valence-corrected chi connectivity index (χ0v) is 18.7. The highest BCUT2D eigenvalue weighted by atomic mass is 32.1. The lowest BCUT2D eigenvalue weighted by Gasteiger charge is -2.13. The van der Waals surface area contributed by atoms with Crippen LogP contribution in [0, 0.1) is 0 Å². The minimum absolute atomic E-state index is 0.175. The van der Waals surface area contributed by atoms with Crippen LogP contribution in [-0.4, -0.2) is 31.7 Å². The summed E-state index contributed by atoms with van der Waals surface area (Å²) in [5.74, 6) is 0.764. The van der Waals surface area contributed by atoms with Crippen molar-refractivity contribution in [2.75, 3.05) is 25.1 Å². The number of ether oxygens (including phenoxy) is 3. The molecule has 0 fully saturated rings. The molecular formula is C23H29NO5S. The molecule has 1 aliphatic carbocycles. The van der Waals surface area contributed by atoms with Crippen LogP contribution in [0.25, 0.3) is 0 Å². The molecule has 0 saturated heterocycles. The molecule has 0 unspecified atom stereocenters. The summed E-state index contributed by atoms with van der Waals surface area (Å²) in [5, 5.41) is 3.55. The molecule has 2 aromatic rings. The van der Waals surface area contributed by atoms with Gasteiger partial charge in [-0.2, -0.15) is 0 Å². The van der Waals surface area contributed by atoms with Crippen molar-refractivity contribution in [3.05, 3.63) is 39.8 Å². The Kier molecular flexibility index (Phi) is 7.74. The maximum Gasteiger partial charge on any atom is 0.341 e. The fraction of sp³-hybridized carbons (Fsp3) is 0.478. The first-order valence-electron chi connectivity index (χ1n) is 10.6. The van der Waals surface area contributed by atoms with Gasteiger partial charge in [0.1, 0.15) is 5.00 Å².